The number of likely N-dealkylation sites (N-methyl/N-ethyl adjacent to an activating group) is 1. The number of halogens is 1. The molecule has 0 fully saturated rings. The first kappa shape index (κ1) is 17.1. The Hall–Kier alpha value is -2.73. The van der Waals surface area contributed by atoms with Crippen molar-refractivity contribution in [1.29, 1.82) is 0 Å². The molecule has 1 aliphatic rings. The number of rotatable bonds is 4. The average molecular weight is 361 g/mol. The van der Waals surface area contributed by atoms with Crippen LogP contribution in [0.2, 0.25) is 5.02 Å². The van der Waals surface area contributed by atoms with E-state index in [0.29, 0.717) is 22.6 Å². The highest BCUT2D eigenvalue weighted by Crippen LogP contribution is 2.39. The number of ether oxygens (including phenoxy) is 2. The molecule has 6 nitrogen and oxygen atoms in total. The third-order valence-corrected chi connectivity index (χ3v) is 4.07. The van der Waals surface area contributed by atoms with Crippen molar-refractivity contribution in [3.05, 3.63) is 58.6 Å². The van der Waals surface area contributed by atoms with Gasteiger partial charge in [-0.15, -0.1) is 0 Å². The summed E-state index contributed by atoms with van der Waals surface area (Å²) in [4.78, 5) is 26.6. The number of carbonyl (C=O) groups is 2. The van der Waals surface area contributed by atoms with E-state index in [1.807, 2.05) is 18.2 Å². The highest BCUT2D eigenvalue weighted by atomic mass is 35.5. The first-order valence-corrected chi connectivity index (χ1v) is 8.01. The molecular weight excluding hydrogens is 344 g/mol. The minimum atomic E-state index is -0.798. The Kier molecular flexibility index (Phi) is 4.81. The molecule has 25 heavy (non-hydrogen) atoms. The van der Waals surface area contributed by atoms with Gasteiger partial charge in [-0.2, -0.15) is 0 Å². The van der Waals surface area contributed by atoms with Gasteiger partial charge in [0.15, 0.2) is 11.5 Å². The summed E-state index contributed by atoms with van der Waals surface area (Å²) in [5.74, 6) is 0.172. The third-order valence-electron chi connectivity index (χ3n) is 3.79. The first-order valence-electron chi connectivity index (χ1n) is 7.63. The number of nitrogens with zero attached hydrogens (tertiary/aromatic N) is 1. The second-order valence-electron chi connectivity index (χ2n) is 5.74. The van der Waals surface area contributed by atoms with Crippen LogP contribution in [0, 0.1) is 0 Å². The minimum absolute atomic E-state index is 0.0614. The molecule has 0 unspecified atom stereocenters. The Balaban J connectivity index is 1.88. The van der Waals surface area contributed by atoms with Crippen LogP contribution in [0.25, 0.3) is 0 Å². The van der Waals surface area contributed by atoms with Gasteiger partial charge in [0.05, 0.1) is 5.02 Å². The van der Waals surface area contributed by atoms with Gasteiger partial charge < -0.3 is 19.7 Å². The molecule has 0 radical (unpaired) electrons. The van der Waals surface area contributed by atoms with Crippen LogP contribution in [0.1, 0.15) is 22.0 Å². The van der Waals surface area contributed by atoms with E-state index < -0.39 is 11.9 Å². The molecule has 0 saturated carbocycles. The fourth-order valence-corrected chi connectivity index (χ4v) is 2.77. The molecule has 0 bridgehead atoms. The number of amides is 2. The lowest BCUT2D eigenvalue weighted by Crippen LogP contribution is -2.39. The molecule has 1 N–H and O–H groups in total. The van der Waals surface area contributed by atoms with Crippen LogP contribution >= 0.6 is 11.6 Å². The van der Waals surface area contributed by atoms with Crippen molar-refractivity contribution < 1.29 is 19.1 Å². The monoisotopic (exact) mass is 360 g/mol. The van der Waals surface area contributed by atoms with E-state index in [2.05, 4.69) is 5.32 Å². The van der Waals surface area contributed by atoms with E-state index in [9.17, 15) is 9.59 Å². The molecular formula is C18H17ClN2O4. The summed E-state index contributed by atoms with van der Waals surface area (Å²) in [5.41, 5.74) is 0.989. The van der Waals surface area contributed by atoms with Crippen molar-refractivity contribution in [1.82, 2.24) is 10.2 Å². The summed E-state index contributed by atoms with van der Waals surface area (Å²) in [7, 11) is 3.28. The van der Waals surface area contributed by atoms with Crippen LogP contribution in [0.3, 0.4) is 0 Å². The van der Waals surface area contributed by atoms with E-state index in [0.717, 1.165) is 0 Å². The predicted octanol–water partition coefficient (Wildman–Crippen LogP) is 2.63. The predicted molar refractivity (Wildman–Crippen MR) is 92.9 cm³/mol. The maximum Gasteiger partial charge on any atom is 0.252 e. The highest BCUT2D eigenvalue weighted by molar-refractivity contribution is 6.32. The summed E-state index contributed by atoms with van der Waals surface area (Å²) in [5, 5.41) is 3.05. The molecule has 1 atom stereocenters. The van der Waals surface area contributed by atoms with Crippen LogP contribution in [0.5, 0.6) is 11.5 Å². The van der Waals surface area contributed by atoms with E-state index in [4.69, 9.17) is 21.1 Å². The molecule has 130 valence electrons. The van der Waals surface area contributed by atoms with Crippen molar-refractivity contribution in [2.45, 2.75) is 6.04 Å². The van der Waals surface area contributed by atoms with E-state index >= 15 is 0 Å². The standard InChI is InChI=1S/C18H17ClN2O4/c1-21(2)18(23)15(11-6-4-3-5-7-11)20-17(22)12-8-13(19)16-14(9-12)24-10-25-16/h3-9,15H,10H2,1-2H3,(H,20,22)/t15-/m0/s1. The second kappa shape index (κ2) is 7.03. The van der Waals surface area contributed by atoms with Gasteiger partial charge in [-0.25, -0.2) is 0 Å². The number of hydrogen-bond acceptors (Lipinski definition) is 4. The minimum Gasteiger partial charge on any atom is -0.454 e. The average Bonchev–Trinajstić information content (AvgIpc) is 3.08. The lowest BCUT2D eigenvalue weighted by molar-refractivity contribution is -0.130. The molecule has 0 aromatic heterocycles. The Labute approximate surface area is 150 Å². The number of benzene rings is 2. The van der Waals surface area contributed by atoms with Gasteiger partial charge in [0, 0.05) is 19.7 Å². The molecule has 1 aliphatic heterocycles. The maximum atomic E-state index is 12.7. The number of hydrogen-bond donors (Lipinski definition) is 1. The van der Waals surface area contributed by atoms with Crippen molar-refractivity contribution in [2.24, 2.45) is 0 Å². The normalized spacial score (nSPS) is 13.2. The van der Waals surface area contributed by atoms with Gasteiger partial charge in [-0.1, -0.05) is 41.9 Å². The van der Waals surface area contributed by atoms with E-state index in [1.165, 1.54) is 11.0 Å². The molecule has 1 heterocycles. The van der Waals surface area contributed by atoms with Crippen molar-refractivity contribution in [3.63, 3.8) is 0 Å². The summed E-state index contributed by atoms with van der Waals surface area (Å²) < 4.78 is 10.5. The van der Waals surface area contributed by atoms with Gasteiger partial charge >= 0.3 is 0 Å². The molecule has 2 amide bonds. The number of fused-ring (bicyclic) bond motifs is 1. The topological polar surface area (TPSA) is 67.9 Å². The van der Waals surface area contributed by atoms with Crippen molar-refractivity contribution in [2.75, 3.05) is 20.9 Å². The van der Waals surface area contributed by atoms with Crippen LogP contribution in [-0.2, 0) is 4.79 Å². The van der Waals surface area contributed by atoms with Crippen LogP contribution < -0.4 is 14.8 Å². The fraction of sp³-hybridized carbons (Fsp3) is 0.222. The molecule has 2 aromatic rings. The number of carbonyl (C=O) groups excluding carboxylic acids is 2. The van der Waals surface area contributed by atoms with Crippen molar-refractivity contribution >= 4 is 23.4 Å². The molecule has 0 spiro atoms. The lowest BCUT2D eigenvalue weighted by Gasteiger charge is -2.22. The molecule has 3 rings (SSSR count). The Morgan fingerprint density at radius 3 is 2.56 bits per heavy atom. The van der Waals surface area contributed by atoms with Gasteiger partial charge in [0.25, 0.3) is 5.91 Å². The summed E-state index contributed by atoms with van der Waals surface area (Å²) in [6, 6.07) is 11.3. The summed E-state index contributed by atoms with van der Waals surface area (Å²) in [6.07, 6.45) is 0. The quantitative estimate of drug-likeness (QED) is 0.910. The van der Waals surface area contributed by atoms with Crippen molar-refractivity contribution in [3.8, 4) is 11.5 Å². The zero-order valence-electron chi connectivity index (χ0n) is 13.8. The zero-order valence-corrected chi connectivity index (χ0v) is 14.5. The Morgan fingerprint density at radius 1 is 1.16 bits per heavy atom. The molecule has 2 aromatic carbocycles. The van der Waals surface area contributed by atoms with Gasteiger partial charge in [-0.05, 0) is 17.7 Å². The van der Waals surface area contributed by atoms with Gasteiger partial charge in [0.1, 0.15) is 6.04 Å². The Bertz CT molecular complexity index is 808. The fourth-order valence-electron chi connectivity index (χ4n) is 2.50. The van der Waals surface area contributed by atoms with Crippen LogP contribution in [-0.4, -0.2) is 37.6 Å². The zero-order chi connectivity index (χ0) is 18.0. The SMILES string of the molecule is CN(C)C(=O)[C@@H](NC(=O)c1cc(Cl)c2c(c1)OCO2)c1ccccc1. The van der Waals surface area contributed by atoms with Crippen LogP contribution in [0.4, 0.5) is 0 Å². The maximum absolute atomic E-state index is 12.7. The van der Waals surface area contributed by atoms with Gasteiger partial charge in [0.2, 0.25) is 12.7 Å². The Morgan fingerprint density at radius 2 is 1.88 bits per heavy atom. The highest BCUT2D eigenvalue weighted by Gasteiger charge is 2.26. The lowest BCUT2D eigenvalue weighted by atomic mass is 10.0. The van der Waals surface area contributed by atoms with E-state index in [-0.39, 0.29) is 17.7 Å². The molecule has 0 aliphatic carbocycles. The molecule has 0 saturated heterocycles. The van der Waals surface area contributed by atoms with Gasteiger partial charge in [-0.3, -0.25) is 9.59 Å². The summed E-state index contributed by atoms with van der Waals surface area (Å²) >= 11 is 6.13. The van der Waals surface area contributed by atoms with E-state index in [1.54, 1.807) is 32.3 Å². The first-order chi connectivity index (χ1) is 12.0. The third kappa shape index (κ3) is 3.53. The molecule has 7 heteroatoms. The smallest absolute Gasteiger partial charge is 0.252 e. The largest absolute Gasteiger partial charge is 0.454 e. The van der Waals surface area contributed by atoms with Crippen LogP contribution in [0.15, 0.2) is 42.5 Å². The number of nitrogens with one attached hydrogen (secondary N) is 1. The summed E-state index contributed by atoms with van der Waals surface area (Å²) in [6.45, 7) is 0.0614. The second-order valence-corrected chi connectivity index (χ2v) is 6.15.